The first-order valence-corrected chi connectivity index (χ1v) is 6.61. The lowest BCUT2D eigenvalue weighted by molar-refractivity contribution is -0.00258. The van der Waals surface area contributed by atoms with E-state index in [0.717, 1.165) is 5.56 Å². The molecule has 1 fully saturated rings. The summed E-state index contributed by atoms with van der Waals surface area (Å²) < 4.78 is 0. The Morgan fingerprint density at radius 3 is 2.47 bits per heavy atom. The normalized spacial score (nSPS) is 20.1. The molecule has 0 saturated heterocycles. The molecule has 2 nitrogen and oxygen atoms in total. The predicted molar refractivity (Wildman–Crippen MR) is 70.8 cm³/mol. The maximum Gasteiger partial charge on any atom is 0.104 e. The molecule has 0 spiro atoms. The molecular weight excluding hydrogens is 210 g/mol. The first-order valence-electron chi connectivity index (χ1n) is 6.61. The molecule has 1 aromatic rings. The second kappa shape index (κ2) is 4.79. The van der Waals surface area contributed by atoms with Gasteiger partial charge in [-0.1, -0.05) is 44.5 Å². The van der Waals surface area contributed by atoms with Gasteiger partial charge < -0.3 is 10.8 Å². The lowest BCUT2D eigenvalue weighted by atomic mass is 9.72. The average Bonchev–Trinajstić information content (AvgIpc) is 2.26. The molecule has 1 aliphatic rings. The van der Waals surface area contributed by atoms with Crippen LogP contribution in [0.3, 0.4) is 0 Å². The van der Waals surface area contributed by atoms with Crippen molar-refractivity contribution in [3.63, 3.8) is 0 Å². The average molecular weight is 233 g/mol. The van der Waals surface area contributed by atoms with Crippen LogP contribution in [-0.2, 0) is 5.60 Å². The Balaban J connectivity index is 2.42. The van der Waals surface area contributed by atoms with E-state index < -0.39 is 5.60 Å². The molecule has 0 aromatic heterocycles. The molecule has 2 heteroatoms. The van der Waals surface area contributed by atoms with E-state index in [1.165, 1.54) is 24.8 Å². The second-order valence-corrected chi connectivity index (χ2v) is 5.50. The first kappa shape index (κ1) is 12.6. The molecule has 94 valence electrons. The number of hydrogen-bond donors (Lipinski definition) is 2. The first-order chi connectivity index (χ1) is 8.09. The third kappa shape index (κ3) is 2.12. The monoisotopic (exact) mass is 233 g/mol. The number of rotatable bonds is 4. The number of aliphatic hydroxyl groups is 1. The van der Waals surface area contributed by atoms with Crippen molar-refractivity contribution in [1.29, 1.82) is 0 Å². The third-order valence-electron chi connectivity index (χ3n) is 4.24. The summed E-state index contributed by atoms with van der Waals surface area (Å²) in [4.78, 5) is 0. The largest absolute Gasteiger partial charge is 0.384 e. The van der Waals surface area contributed by atoms with Crippen molar-refractivity contribution in [2.45, 2.75) is 44.6 Å². The fourth-order valence-corrected chi connectivity index (χ4v) is 2.62. The van der Waals surface area contributed by atoms with E-state index >= 15 is 0 Å². The van der Waals surface area contributed by atoms with E-state index in [-0.39, 0.29) is 12.5 Å². The molecule has 0 radical (unpaired) electrons. The van der Waals surface area contributed by atoms with Crippen molar-refractivity contribution in [1.82, 2.24) is 0 Å². The van der Waals surface area contributed by atoms with Crippen LogP contribution >= 0.6 is 0 Å². The molecule has 3 N–H and O–H groups in total. The van der Waals surface area contributed by atoms with E-state index in [1.807, 2.05) is 26.0 Å². The Hall–Kier alpha value is -0.860. The van der Waals surface area contributed by atoms with Gasteiger partial charge in [0.25, 0.3) is 0 Å². The second-order valence-electron chi connectivity index (χ2n) is 5.50. The van der Waals surface area contributed by atoms with Gasteiger partial charge in [0.15, 0.2) is 0 Å². The van der Waals surface area contributed by atoms with Crippen molar-refractivity contribution >= 4 is 0 Å². The van der Waals surface area contributed by atoms with Crippen molar-refractivity contribution < 1.29 is 5.11 Å². The highest BCUT2D eigenvalue weighted by Crippen LogP contribution is 2.42. The molecule has 0 bridgehead atoms. The van der Waals surface area contributed by atoms with Crippen LogP contribution in [0.1, 0.15) is 50.2 Å². The molecule has 1 aliphatic carbocycles. The third-order valence-corrected chi connectivity index (χ3v) is 4.24. The molecule has 1 unspecified atom stereocenters. The fourth-order valence-electron chi connectivity index (χ4n) is 2.62. The number of benzene rings is 1. The van der Waals surface area contributed by atoms with E-state index in [4.69, 9.17) is 5.73 Å². The number of hydrogen-bond acceptors (Lipinski definition) is 2. The molecule has 1 saturated carbocycles. The zero-order chi connectivity index (χ0) is 12.5. The highest BCUT2D eigenvalue weighted by Gasteiger charge is 2.35. The Bertz CT molecular complexity index is 384. The lowest BCUT2D eigenvalue weighted by Gasteiger charge is -2.37. The summed E-state index contributed by atoms with van der Waals surface area (Å²) in [5.74, 6) is 0.761. The van der Waals surface area contributed by atoms with Crippen LogP contribution in [-0.4, -0.2) is 11.7 Å². The van der Waals surface area contributed by atoms with Crippen molar-refractivity contribution in [3.05, 3.63) is 35.4 Å². The van der Waals surface area contributed by atoms with E-state index in [1.54, 1.807) is 0 Å². The minimum absolute atomic E-state index is 0.133. The molecule has 0 heterocycles. The van der Waals surface area contributed by atoms with E-state index in [0.29, 0.717) is 5.92 Å². The van der Waals surface area contributed by atoms with Crippen molar-refractivity contribution in [3.8, 4) is 0 Å². The standard InChI is InChI=1S/C15H23NO/c1-11(2)15(17,10-16)14-9-4-3-8-13(14)12-6-5-7-12/h3-4,8-9,11-12,17H,5-7,10,16H2,1-2H3. The van der Waals surface area contributed by atoms with Crippen LogP contribution < -0.4 is 5.73 Å². The topological polar surface area (TPSA) is 46.2 Å². The maximum absolute atomic E-state index is 10.8. The van der Waals surface area contributed by atoms with Crippen molar-refractivity contribution in [2.24, 2.45) is 11.7 Å². The summed E-state index contributed by atoms with van der Waals surface area (Å²) in [5.41, 5.74) is 7.29. The summed E-state index contributed by atoms with van der Waals surface area (Å²) in [6.07, 6.45) is 3.80. The molecule has 17 heavy (non-hydrogen) atoms. The Morgan fingerprint density at radius 2 is 2.00 bits per heavy atom. The van der Waals surface area contributed by atoms with Gasteiger partial charge in [0, 0.05) is 6.54 Å². The Labute approximate surface area is 104 Å². The zero-order valence-electron chi connectivity index (χ0n) is 10.8. The van der Waals surface area contributed by atoms with Gasteiger partial charge in [0.2, 0.25) is 0 Å². The molecule has 1 aromatic carbocycles. The summed E-state index contributed by atoms with van der Waals surface area (Å²) in [6, 6.07) is 8.26. The van der Waals surface area contributed by atoms with Gasteiger partial charge in [-0.3, -0.25) is 0 Å². The predicted octanol–water partition coefficient (Wildman–Crippen LogP) is 2.76. The molecule has 2 rings (SSSR count). The Kier molecular flexibility index (Phi) is 3.55. The van der Waals surface area contributed by atoms with Gasteiger partial charge in [-0.05, 0) is 35.8 Å². The summed E-state index contributed by atoms with van der Waals surface area (Å²) in [7, 11) is 0. The minimum atomic E-state index is -0.883. The maximum atomic E-state index is 10.8. The van der Waals surface area contributed by atoms with Gasteiger partial charge in [-0.2, -0.15) is 0 Å². The molecule has 0 aliphatic heterocycles. The molecule has 0 amide bonds. The Morgan fingerprint density at radius 1 is 1.35 bits per heavy atom. The number of nitrogens with two attached hydrogens (primary N) is 1. The van der Waals surface area contributed by atoms with Crippen LogP contribution in [0.4, 0.5) is 0 Å². The van der Waals surface area contributed by atoms with Crippen LogP contribution in [0.15, 0.2) is 24.3 Å². The molecule has 1 atom stereocenters. The minimum Gasteiger partial charge on any atom is -0.384 e. The van der Waals surface area contributed by atoms with Gasteiger partial charge in [-0.25, -0.2) is 0 Å². The van der Waals surface area contributed by atoms with Gasteiger partial charge in [0.05, 0.1) is 0 Å². The molecular formula is C15H23NO. The lowest BCUT2D eigenvalue weighted by Crippen LogP contribution is -2.41. The van der Waals surface area contributed by atoms with Crippen LogP contribution in [0.5, 0.6) is 0 Å². The van der Waals surface area contributed by atoms with Crippen LogP contribution in [0, 0.1) is 5.92 Å². The zero-order valence-corrected chi connectivity index (χ0v) is 10.8. The van der Waals surface area contributed by atoms with Gasteiger partial charge >= 0.3 is 0 Å². The van der Waals surface area contributed by atoms with Crippen LogP contribution in [0.2, 0.25) is 0 Å². The quantitative estimate of drug-likeness (QED) is 0.840. The van der Waals surface area contributed by atoms with Crippen LogP contribution in [0.25, 0.3) is 0 Å². The highest BCUT2D eigenvalue weighted by molar-refractivity contribution is 5.36. The fraction of sp³-hybridized carbons (Fsp3) is 0.600. The van der Waals surface area contributed by atoms with E-state index in [9.17, 15) is 5.11 Å². The SMILES string of the molecule is CC(C)C(O)(CN)c1ccccc1C1CCC1. The highest BCUT2D eigenvalue weighted by atomic mass is 16.3. The smallest absolute Gasteiger partial charge is 0.104 e. The summed E-state index contributed by atoms with van der Waals surface area (Å²) >= 11 is 0. The van der Waals surface area contributed by atoms with Gasteiger partial charge in [-0.15, -0.1) is 0 Å². The van der Waals surface area contributed by atoms with Crippen molar-refractivity contribution in [2.75, 3.05) is 6.54 Å². The summed E-state index contributed by atoms with van der Waals surface area (Å²) in [6.45, 7) is 4.35. The van der Waals surface area contributed by atoms with Gasteiger partial charge in [0.1, 0.15) is 5.60 Å². The van der Waals surface area contributed by atoms with E-state index in [2.05, 4.69) is 12.1 Å². The summed E-state index contributed by atoms with van der Waals surface area (Å²) in [5, 5.41) is 10.8.